The van der Waals surface area contributed by atoms with E-state index in [4.69, 9.17) is 11.6 Å². The van der Waals surface area contributed by atoms with E-state index in [2.05, 4.69) is 10.0 Å². The van der Waals surface area contributed by atoms with E-state index in [1.165, 1.54) is 6.92 Å². The van der Waals surface area contributed by atoms with Crippen LogP contribution in [0.3, 0.4) is 0 Å². The standard InChI is InChI=1S/C25H32ClN3O5S/c1-18-8-7-15-29(18,23(30)25(2,32)21-9-5-4-6-10-21)24(31)27-17-20-16-22(26)12-11-19(20)13-14-28-35(3,33)34/h4-6,9-12,16,18,28,32H,7-8,13-15,17H2,1-3H3/p+1/t18-,25-,29?/m1/s1. The van der Waals surface area contributed by atoms with Crippen LogP contribution in [0.25, 0.3) is 0 Å². The molecule has 3 amide bonds. The van der Waals surface area contributed by atoms with Gasteiger partial charge in [-0.05, 0) is 49.1 Å². The lowest BCUT2D eigenvalue weighted by Gasteiger charge is -2.37. The van der Waals surface area contributed by atoms with Crippen molar-refractivity contribution in [3.63, 3.8) is 0 Å². The fourth-order valence-corrected chi connectivity index (χ4v) is 5.40. The summed E-state index contributed by atoms with van der Waals surface area (Å²) in [5.41, 5.74) is 0.156. The van der Waals surface area contributed by atoms with Crippen LogP contribution in [0.1, 0.15) is 43.4 Å². The maximum absolute atomic E-state index is 13.8. The molecule has 190 valence electrons. The van der Waals surface area contributed by atoms with Crippen molar-refractivity contribution >= 4 is 33.6 Å². The van der Waals surface area contributed by atoms with E-state index in [1.54, 1.807) is 48.5 Å². The number of imide groups is 1. The normalized spacial score (nSPS) is 21.9. The van der Waals surface area contributed by atoms with Gasteiger partial charge in [0.2, 0.25) is 15.6 Å². The quantitative estimate of drug-likeness (QED) is 0.461. The first-order valence-corrected chi connectivity index (χ1v) is 13.9. The Balaban J connectivity index is 1.83. The van der Waals surface area contributed by atoms with Gasteiger partial charge in [0.05, 0.1) is 12.8 Å². The van der Waals surface area contributed by atoms with Gasteiger partial charge in [-0.15, -0.1) is 0 Å². The third-order valence-electron chi connectivity index (χ3n) is 6.72. The summed E-state index contributed by atoms with van der Waals surface area (Å²) in [6.07, 6.45) is 2.87. The topological polar surface area (TPSA) is 113 Å². The van der Waals surface area contributed by atoms with Gasteiger partial charge in [0.15, 0.2) is 0 Å². The highest BCUT2D eigenvalue weighted by Crippen LogP contribution is 2.35. The molecule has 0 radical (unpaired) electrons. The molecule has 0 saturated carbocycles. The largest absolute Gasteiger partial charge is 0.424 e. The summed E-state index contributed by atoms with van der Waals surface area (Å²) < 4.78 is 24.7. The number of nitrogens with zero attached hydrogens (tertiary/aromatic N) is 1. The van der Waals surface area contributed by atoms with E-state index in [0.29, 0.717) is 36.4 Å². The van der Waals surface area contributed by atoms with Crippen LogP contribution in [-0.2, 0) is 33.4 Å². The molecule has 3 N–H and O–H groups in total. The monoisotopic (exact) mass is 522 g/mol. The summed E-state index contributed by atoms with van der Waals surface area (Å²) in [7, 11) is -3.32. The number of carbonyl (C=O) groups is 2. The van der Waals surface area contributed by atoms with E-state index in [0.717, 1.165) is 17.4 Å². The Labute approximate surface area is 211 Å². The van der Waals surface area contributed by atoms with Crippen LogP contribution in [-0.4, -0.2) is 55.3 Å². The van der Waals surface area contributed by atoms with E-state index >= 15 is 0 Å². The number of urea groups is 1. The molecular weight excluding hydrogens is 490 g/mol. The molecule has 1 heterocycles. The smallest absolute Gasteiger partial charge is 0.372 e. The molecule has 8 nitrogen and oxygen atoms in total. The first-order valence-electron chi connectivity index (χ1n) is 11.6. The van der Waals surface area contributed by atoms with Crippen LogP contribution in [0.2, 0.25) is 5.02 Å². The van der Waals surface area contributed by atoms with E-state index in [-0.39, 0.29) is 19.1 Å². The number of aliphatic hydroxyl groups is 1. The number of halogens is 1. The highest BCUT2D eigenvalue weighted by atomic mass is 35.5. The maximum Gasteiger partial charge on any atom is 0.424 e. The molecule has 1 saturated heterocycles. The van der Waals surface area contributed by atoms with Crippen molar-refractivity contribution in [1.29, 1.82) is 0 Å². The number of hydrogen-bond donors (Lipinski definition) is 3. The summed E-state index contributed by atoms with van der Waals surface area (Å²) >= 11 is 6.18. The molecule has 0 bridgehead atoms. The Morgan fingerprint density at radius 3 is 2.46 bits per heavy atom. The minimum absolute atomic E-state index is 0.112. The van der Waals surface area contributed by atoms with Crippen LogP contribution < -0.4 is 10.0 Å². The molecule has 10 heteroatoms. The second-order valence-electron chi connectivity index (χ2n) is 9.32. The highest BCUT2D eigenvalue weighted by Gasteiger charge is 2.58. The number of likely N-dealkylation sites (tertiary alicyclic amines) is 1. The lowest BCUT2D eigenvalue weighted by atomic mass is 9.93. The molecule has 2 aromatic rings. The first-order chi connectivity index (χ1) is 16.4. The number of hydrogen-bond acceptors (Lipinski definition) is 5. The van der Waals surface area contributed by atoms with Crippen LogP contribution in [0, 0.1) is 0 Å². The number of sulfonamides is 1. The molecule has 3 atom stereocenters. The highest BCUT2D eigenvalue weighted by molar-refractivity contribution is 7.88. The molecule has 1 unspecified atom stereocenters. The van der Waals surface area contributed by atoms with E-state index < -0.39 is 32.0 Å². The number of quaternary nitrogens is 1. The van der Waals surface area contributed by atoms with E-state index in [1.807, 2.05) is 6.92 Å². The molecule has 1 aliphatic rings. The van der Waals surface area contributed by atoms with Crippen LogP contribution in [0.15, 0.2) is 48.5 Å². The lowest BCUT2D eigenvalue weighted by molar-refractivity contribution is -0.789. The minimum Gasteiger partial charge on any atom is -0.372 e. The average Bonchev–Trinajstić information content (AvgIpc) is 3.20. The maximum atomic E-state index is 13.8. The van der Waals surface area contributed by atoms with Gasteiger partial charge in [0.1, 0.15) is 6.04 Å². The third kappa shape index (κ3) is 6.10. The Morgan fingerprint density at radius 2 is 1.86 bits per heavy atom. The second kappa shape index (κ2) is 10.8. The molecule has 0 aliphatic carbocycles. The zero-order valence-electron chi connectivity index (χ0n) is 20.3. The lowest BCUT2D eigenvalue weighted by Crippen LogP contribution is -2.67. The van der Waals surface area contributed by atoms with Crippen molar-refractivity contribution in [2.24, 2.45) is 0 Å². The molecule has 0 aromatic heterocycles. The number of carbonyl (C=O) groups excluding carboxylic acids is 2. The SMILES string of the molecule is C[C@@H]1CCC[N+]1(C(=O)NCc1cc(Cl)ccc1CCNS(C)(=O)=O)C(=O)[C@](C)(O)c1ccccc1. The van der Waals surface area contributed by atoms with Crippen molar-refractivity contribution in [2.45, 2.75) is 51.3 Å². The molecule has 35 heavy (non-hydrogen) atoms. The Morgan fingerprint density at radius 1 is 1.17 bits per heavy atom. The van der Waals surface area contributed by atoms with Crippen molar-refractivity contribution < 1.29 is 27.6 Å². The van der Waals surface area contributed by atoms with Gasteiger partial charge in [0.25, 0.3) is 0 Å². The van der Waals surface area contributed by atoms with Gasteiger partial charge in [-0.25, -0.2) is 22.7 Å². The zero-order chi connectivity index (χ0) is 25.9. The van der Waals surface area contributed by atoms with Crippen molar-refractivity contribution in [1.82, 2.24) is 10.0 Å². The summed E-state index contributed by atoms with van der Waals surface area (Å²) in [4.78, 5) is 27.4. The molecule has 1 aliphatic heterocycles. The summed E-state index contributed by atoms with van der Waals surface area (Å²) in [6.45, 7) is 3.91. The van der Waals surface area contributed by atoms with Gasteiger partial charge in [0, 0.05) is 31.0 Å². The van der Waals surface area contributed by atoms with Gasteiger partial charge in [-0.1, -0.05) is 48.0 Å². The number of nitrogens with one attached hydrogen (secondary N) is 2. The average molecular weight is 523 g/mol. The predicted octanol–water partition coefficient (Wildman–Crippen LogP) is 3.07. The minimum atomic E-state index is -3.32. The number of amides is 3. The van der Waals surface area contributed by atoms with Gasteiger partial charge in [-0.2, -0.15) is 4.48 Å². The summed E-state index contributed by atoms with van der Waals surface area (Å²) in [6, 6.07) is 13.1. The van der Waals surface area contributed by atoms with Gasteiger partial charge < -0.3 is 10.4 Å². The van der Waals surface area contributed by atoms with Crippen LogP contribution >= 0.6 is 11.6 Å². The van der Waals surface area contributed by atoms with E-state index in [9.17, 15) is 23.1 Å². The van der Waals surface area contributed by atoms with Crippen molar-refractivity contribution in [3.8, 4) is 0 Å². The van der Waals surface area contributed by atoms with Crippen LogP contribution in [0.5, 0.6) is 0 Å². The second-order valence-corrected chi connectivity index (χ2v) is 11.6. The van der Waals surface area contributed by atoms with Crippen LogP contribution in [0.4, 0.5) is 4.79 Å². The molecule has 3 rings (SSSR count). The van der Waals surface area contributed by atoms with Gasteiger partial charge >= 0.3 is 11.9 Å². The molecule has 2 aromatic carbocycles. The predicted molar refractivity (Wildman–Crippen MR) is 135 cm³/mol. The summed E-state index contributed by atoms with van der Waals surface area (Å²) in [5.74, 6) is -0.560. The molecular formula is C25H33ClN3O5S+. The molecule has 0 spiro atoms. The zero-order valence-corrected chi connectivity index (χ0v) is 21.8. The molecule has 1 fully saturated rings. The van der Waals surface area contributed by atoms with Crippen molar-refractivity contribution in [2.75, 3.05) is 19.3 Å². The fraction of sp³-hybridized carbons (Fsp3) is 0.440. The summed E-state index contributed by atoms with van der Waals surface area (Å²) in [5, 5.41) is 14.6. The van der Waals surface area contributed by atoms with Crippen molar-refractivity contribution in [3.05, 3.63) is 70.2 Å². The number of benzene rings is 2. The van der Waals surface area contributed by atoms with Gasteiger partial charge in [-0.3, -0.25) is 0 Å². The Bertz CT molecular complexity index is 1190. The number of rotatable bonds is 8. The first kappa shape index (κ1) is 27.3. The Kier molecular flexibility index (Phi) is 8.39. The fourth-order valence-electron chi connectivity index (χ4n) is 4.73. The Hall–Kier alpha value is -2.30. The third-order valence-corrected chi connectivity index (χ3v) is 7.68.